The molecule has 1 atom stereocenters. The van der Waals surface area contributed by atoms with E-state index in [0.29, 0.717) is 5.41 Å². The Morgan fingerprint density at radius 1 is 1.25 bits per heavy atom. The molecule has 0 heterocycles. The van der Waals surface area contributed by atoms with Crippen LogP contribution in [0.1, 0.15) is 53.9 Å². The van der Waals surface area contributed by atoms with Gasteiger partial charge in [0.05, 0.1) is 0 Å². The molecule has 70 valence electrons. The van der Waals surface area contributed by atoms with Crippen molar-refractivity contribution in [2.75, 3.05) is 0 Å². The monoisotopic (exact) mass is 166 g/mol. The van der Waals surface area contributed by atoms with E-state index in [0.717, 1.165) is 5.92 Å². The molecule has 0 spiro atoms. The molecule has 0 aliphatic heterocycles. The maximum absolute atomic E-state index is 2.36. The summed E-state index contributed by atoms with van der Waals surface area (Å²) < 4.78 is 0. The molecule has 0 radical (unpaired) electrons. The van der Waals surface area contributed by atoms with Crippen LogP contribution in [-0.4, -0.2) is 0 Å². The molecule has 0 bridgehead atoms. The predicted octanol–water partition coefficient (Wildman–Crippen LogP) is 4.17. The number of hydrogen-bond acceptors (Lipinski definition) is 0. The fourth-order valence-corrected chi connectivity index (χ4v) is 2.37. The first-order chi connectivity index (χ1) is 5.41. The lowest BCUT2D eigenvalue weighted by atomic mass is 9.74. The van der Waals surface area contributed by atoms with E-state index < -0.39 is 0 Å². The minimum absolute atomic E-state index is 0.407. The van der Waals surface area contributed by atoms with Crippen LogP contribution in [0.2, 0.25) is 0 Å². The van der Waals surface area contributed by atoms with Crippen molar-refractivity contribution >= 4 is 0 Å². The standard InChI is InChI=1S/C12H22/c1-9-6-7-11(10(2)8-9)12(3,4)5/h9H,6-8H2,1-5H3/t9-/m1/s1. The second kappa shape index (κ2) is 3.24. The maximum Gasteiger partial charge on any atom is -0.0170 e. The molecule has 0 amide bonds. The summed E-state index contributed by atoms with van der Waals surface area (Å²) in [5.41, 5.74) is 3.77. The lowest BCUT2D eigenvalue weighted by molar-refractivity contribution is 0.408. The topological polar surface area (TPSA) is 0 Å². The first-order valence-corrected chi connectivity index (χ1v) is 5.10. The van der Waals surface area contributed by atoms with Gasteiger partial charge in [0.25, 0.3) is 0 Å². The Kier molecular flexibility index (Phi) is 2.65. The van der Waals surface area contributed by atoms with Crippen molar-refractivity contribution in [3.8, 4) is 0 Å². The Hall–Kier alpha value is -0.260. The van der Waals surface area contributed by atoms with Gasteiger partial charge in [-0.1, -0.05) is 38.8 Å². The van der Waals surface area contributed by atoms with Crippen LogP contribution < -0.4 is 0 Å². The number of allylic oxidation sites excluding steroid dienone is 2. The molecule has 0 N–H and O–H groups in total. The molecule has 1 aliphatic carbocycles. The minimum Gasteiger partial charge on any atom is -0.0733 e. The predicted molar refractivity (Wildman–Crippen MR) is 55.2 cm³/mol. The Morgan fingerprint density at radius 3 is 2.25 bits per heavy atom. The van der Waals surface area contributed by atoms with Crippen molar-refractivity contribution in [3.05, 3.63) is 11.1 Å². The van der Waals surface area contributed by atoms with Gasteiger partial charge in [-0.05, 0) is 37.5 Å². The SMILES string of the molecule is CC1=C(C(C)(C)C)CC[C@@H](C)C1. The lowest BCUT2D eigenvalue weighted by Gasteiger charge is -2.31. The van der Waals surface area contributed by atoms with Gasteiger partial charge in [0.2, 0.25) is 0 Å². The fourth-order valence-electron chi connectivity index (χ4n) is 2.37. The molecule has 0 aromatic carbocycles. The Bertz CT molecular complexity index is 191. The van der Waals surface area contributed by atoms with Gasteiger partial charge in [0.1, 0.15) is 0 Å². The third kappa shape index (κ3) is 2.12. The molecule has 0 fully saturated rings. The van der Waals surface area contributed by atoms with E-state index >= 15 is 0 Å². The highest BCUT2D eigenvalue weighted by Gasteiger charge is 2.23. The highest BCUT2D eigenvalue weighted by Crippen LogP contribution is 2.38. The van der Waals surface area contributed by atoms with E-state index in [9.17, 15) is 0 Å². The van der Waals surface area contributed by atoms with Crippen molar-refractivity contribution in [2.45, 2.75) is 53.9 Å². The van der Waals surface area contributed by atoms with E-state index in [1.54, 1.807) is 11.1 Å². The van der Waals surface area contributed by atoms with Crippen LogP contribution in [0.3, 0.4) is 0 Å². The van der Waals surface area contributed by atoms with Gasteiger partial charge in [0.15, 0.2) is 0 Å². The van der Waals surface area contributed by atoms with Crippen LogP contribution in [0.15, 0.2) is 11.1 Å². The third-order valence-corrected chi connectivity index (χ3v) is 2.96. The molecule has 0 nitrogen and oxygen atoms in total. The summed E-state index contributed by atoms with van der Waals surface area (Å²) in [4.78, 5) is 0. The summed E-state index contributed by atoms with van der Waals surface area (Å²) in [5.74, 6) is 0.913. The van der Waals surface area contributed by atoms with Crippen molar-refractivity contribution in [1.29, 1.82) is 0 Å². The average Bonchev–Trinajstić information content (AvgIpc) is 1.83. The zero-order valence-corrected chi connectivity index (χ0v) is 9.20. The molecule has 12 heavy (non-hydrogen) atoms. The van der Waals surface area contributed by atoms with Gasteiger partial charge in [-0.15, -0.1) is 0 Å². The Labute approximate surface area is 77.1 Å². The molecule has 0 unspecified atom stereocenters. The summed E-state index contributed by atoms with van der Waals surface area (Å²) >= 11 is 0. The van der Waals surface area contributed by atoms with Crippen LogP contribution in [0, 0.1) is 11.3 Å². The summed E-state index contributed by atoms with van der Waals surface area (Å²) in [6.45, 7) is 11.7. The zero-order chi connectivity index (χ0) is 9.35. The quantitative estimate of drug-likeness (QED) is 0.474. The summed E-state index contributed by atoms with van der Waals surface area (Å²) in [5, 5.41) is 0. The lowest BCUT2D eigenvalue weighted by Crippen LogP contribution is -2.17. The molecular weight excluding hydrogens is 144 g/mol. The van der Waals surface area contributed by atoms with Crippen molar-refractivity contribution in [3.63, 3.8) is 0 Å². The Morgan fingerprint density at radius 2 is 1.83 bits per heavy atom. The van der Waals surface area contributed by atoms with E-state index in [4.69, 9.17) is 0 Å². The highest BCUT2D eigenvalue weighted by atomic mass is 14.3. The molecule has 0 saturated carbocycles. The number of rotatable bonds is 0. The molecule has 1 rings (SSSR count). The van der Waals surface area contributed by atoms with Crippen molar-refractivity contribution in [2.24, 2.45) is 11.3 Å². The van der Waals surface area contributed by atoms with Crippen LogP contribution in [0.4, 0.5) is 0 Å². The summed E-state index contributed by atoms with van der Waals surface area (Å²) in [6, 6.07) is 0. The first kappa shape index (κ1) is 9.83. The minimum atomic E-state index is 0.407. The van der Waals surface area contributed by atoms with E-state index in [-0.39, 0.29) is 0 Å². The third-order valence-electron chi connectivity index (χ3n) is 2.96. The Balaban J connectivity index is 2.83. The normalized spacial score (nSPS) is 26.2. The smallest absolute Gasteiger partial charge is 0.0170 e. The van der Waals surface area contributed by atoms with Crippen LogP contribution >= 0.6 is 0 Å². The highest BCUT2D eigenvalue weighted by molar-refractivity contribution is 5.21. The van der Waals surface area contributed by atoms with Crippen LogP contribution in [0.25, 0.3) is 0 Å². The molecule has 1 aliphatic rings. The largest absolute Gasteiger partial charge is 0.0733 e. The zero-order valence-electron chi connectivity index (χ0n) is 9.20. The number of hydrogen-bond donors (Lipinski definition) is 0. The van der Waals surface area contributed by atoms with Gasteiger partial charge < -0.3 is 0 Å². The van der Waals surface area contributed by atoms with Gasteiger partial charge >= 0.3 is 0 Å². The van der Waals surface area contributed by atoms with Crippen LogP contribution in [-0.2, 0) is 0 Å². The van der Waals surface area contributed by atoms with Crippen molar-refractivity contribution < 1.29 is 0 Å². The van der Waals surface area contributed by atoms with Crippen molar-refractivity contribution in [1.82, 2.24) is 0 Å². The second-order valence-corrected chi connectivity index (χ2v) is 5.36. The van der Waals surface area contributed by atoms with Gasteiger partial charge in [-0.2, -0.15) is 0 Å². The fraction of sp³-hybridized carbons (Fsp3) is 0.833. The molecule has 0 aromatic heterocycles. The van der Waals surface area contributed by atoms with E-state index in [1.807, 2.05) is 0 Å². The molecular formula is C12H22. The molecule has 0 heteroatoms. The maximum atomic E-state index is 2.36. The van der Waals surface area contributed by atoms with Gasteiger partial charge in [-0.3, -0.25) is 0 Å². The summed E-state index contributed by atoms with van der Waals surface area (Å²) in [6.07, 6.45) is 4.05. The van der Waals surface area contributed by atoms with Gasteiger partial charge in [-0.25, -0.2) is 0 Å². The van der Waals surface area contributed by atoms with E-state index in [1.165, 1.54) is 19.3 Å². The van der Waals surface area contributed by atoms with Gasteiger partial charge in [0, 0.05) is 0 Å². The molecule has 0 saturated heterocycles. The molecule has 0 aromatic rings. The average molecular weight is 166 g/mol. The van der Waals surface area contributed by atoms with Crippen LogP contribution in [0.5, 0.6) is 0 Å². The second-order valence-electron chi connectivity index (χ2n) is 5.36. The van der Waals surface area contributed by atoms with E-state index in [2.05, 4.69) is 34.6 Å². The summed E-state index contributed by atoms with van der Waals surface area (Å²) in [7, 11) is 0. The first-order valence-electron chi connectivity index (χ1n) is 5.10.